The Bertz CT molecular complexity index is 1080. The Morgan fingerprint density at radius 1 is 1.22 bits per heavy atom. The van der Waals surface area contributed by atoms with Crippen molar-refractivity contribution in [3.05, 3.63) is 50.8 Å². The van der Waals surface area contributed by atoms with E-state index in [-0.39, 0.29) is 17.1 Å². The lowest BCUT2D eigenvalue weighted by molar-refractivity contribution is -0.124. The summed E-state index contributed by atoms with van der Waals surface area (Å²) in [6.07, 6.45) is 0.956. The normalized spacial score (nSPS) is 25.0. The summed E-state index contributed by atoms with van der Waals surface area (Å²) in [7, 11) is 0. The van der Waals surface area contributed by atoms with Crippen molar-refractivity contribution in [2.24, 2.45) is 5.41 Å². The van der Waals surface area contributed by atoms with Gasteiger partial charge in [0.1, 0.15) is 11.2 Å². The second kappa shape index (κ2) is 5.10. The molecule has 2 aliphatic heterocycles. The van der Waals surface area contributed by atoms with E-state index in [2.05, 4.69) is 31.4 Å². The highest BCUT2D eigenvalue weighted by atomic mass is 79.9. The first kappa shape index (κ1) is 16.7. The molecule has 3 aliphatic rings. The summed E-state index contributed by atoms with van der Waals surface area (Å²) >= 11 is 3.51. The summed E-state index contributed by atoms with van der Waals surface area (Å²) in [5.41, 5.74) is 1.81. The Labute approximate surface area is 164 Å². The second-order valence-corrected chi connectivity index (χ2v) is 9.18. The number of carbonyl (C=O) groups excluding carboxylic acids is 2. The van der Waals surface area contributed by atoms with Crippen LogP contribution in [0.2, 0.25) is 0 Å². The summed E-state index contributed by atoms with van der Waals surface area (Å²) in [4.78, 5) is 26.8. The summed E-state index contributed by atoms with van der Waals surface area (Å²) in [6.45, 7) is 5.92. The number of rotatable bonds is 0. The number of amides is 1. The molecule has 2 aromatic rings. The molecule has 1 aromatic carbocycles. The molecule has 0 bridgehead atoms. The number of hydrogen-bond donors (Lipinski definition) is 2. The van der Waals surface area contributed by atoms with Gasteiger partial charge in [-0.25, -0.2) is 0 Å². The van der Waals surface area contributed by atoms with Crippen LogP contribution in [0.4, 0.5) is 5.69 Å². The first-order valence-corrected chi connectivity index (χ1v) is 9.65. The predicted octanol–water partition coefficient (Wildman–Crippen LogP) is 3.75. The number of halogens is 1. The van der Waals surface area contributed by atoms with Crippen molar-refractivity contribution in [2.45, 2.75) is 39.0 Å². The van der Waals surface area contributed by atoms with Gasteiger partial charge in [-0.3, -0.25) is 14.7 Å². The smallest absolute Gasteiger partial charge is 0.244 e. The quantitative estimate of drug-likeness (QED) is 0.670. The van der Waals surface area contributed by atoms with Gasteiger partial charge < -0.3 is 10.1 Å². The SMILES string of the molecule is Cc1[nH]nc2c1C1(C(=O)Nc3ccc(Br)cc31)C1=C(CC(C)(C)CC1=O)O2. The fourth-order valence-corrected chi connectivity index (χ4v) is 5.07. The van der Waals surface area contributed by atoms with Crippen molar-refractivity contribution in [1.82, 2.24) is 10.2 Å². The number of allylic oxidation sites excluding steroid dienone is 1. The van der Waals surface area contributed by atoms with Crippen LogP contribution in [0.25, 0.3) is 0 Å². The molecule has 1 amide bonds. The molecule has 0 saturated carbocycles. The van der Waals surface area contributed by atoms with E-state index in [0.717, 1.165) is 15.7 Å². The van der Waals surface area contributed by atoms with Crippen LogP contribution in [0.15, 0.2) is 34.0 Å². The first-order chi connectivity index (χ1) is 12.7. The molecule has 1 atom stereocenters. The van der Waals surface area contributed by atoms with Crippen LogP contribution >= 0.6 is 15.9 Å². The standard InChI is InChI=1S/C20H18BrN3O3/c1-9-15-17(24-23-9)27-14-8-19(2,3)7-13(25)16(14)20(15)11-6-10(21)4-5-12(11)22-18(20)26/h4-6H,7-8H2,1-3H3,(H,22,26)(H,23,24). The highest BCUT2D eigenvalue weighted by Crippen LogP contribution is 2.58. The molecular formula is C20H18BrN3O3. The van der Waals surface area contributed by atoms with Crippen molar-refractivity contribution in [1.29, 1.82) is 0 Å². The number of benzene rings is 1. The van der Waals surface area contributed by atoms with Gasteiger partial charge in [0.25, 0.3) is 0 Å². The Kier molecular flexibility index (Phi) is 3.16. The lowest BCUT2D eigenvalue weighted by atomic mass is 9.62. The maximum absolute atomic E-state index is 13.5. The third kappa shape index (κ3) is 2.03. The molecular weight excluding hydrogens is 410 g/mol. The number of hydrogen-bond acceptors (Lipinski definition) is 4. The van der Waals surface area contributed by atoms with Crippen LogP contribution in [0, 0.1) is 12.3 Å². The van der Waals surface area contributed by atoms with Gasteiger partial charge in [-0.15, -0.1) is 5.10 Å². The monoisotopic (exact) mass is 427 g/mol. The topological polar surface area (TPSA) is 84.1 Å². The first-order valence-electron chi connectivity index (χ1n) is 8.85. The molecule has 1 aliphatic carbocycles. The minimum atomic E-state index is -1.23. The van der Waals surface area contributed by atoms with Crippen molar-refractivity contribution < 1.29 is 14.3 Å². The molecule has 27 heavy (non-hydrogen) atoms. The van der Waals surface area contributed by atoms with E-state index >= 15 is 0 Å². The maximum atomic E-state index is 13.5. The summed E-state index contributed by atoms with van der Waals surface area (Å²) in [5, 5.41) is 10.2. The van der Waals surface area contributed by atoms with Crippen LogP contribution in [0.1, 0.15) is 43.5 Å². The summed E-state index contributed by atoms with van der Waals surface area (Å²) in [5.74, 6) is 0.652. The van der Waals surface area contributed by atoms with Crippen molar-refractivity contribution in [2.75, 3.05) is 5.32 Å². The van der Waals surface area contributed by atoms with Gasteiger partial charge in [-0.2, -0.15) is 0 Å². The van der Waals surface area contributed by atoms with Gasteiger partial charge in [0, 0.05) is 34.3 Å². The Hall–Kier alpha value is -2.41. The van der Waals surface area contributed by atoms with Gasteiger partial charge in [0.2, 0.25) is 11.8 Å². The molecule has 0 saturated heterocycles. The molecule has 5 rings (SSSR count). The minimum absolute atomic E-state index is 0.0459. The van der Waals surface area contributed by atoms with Gasteiger partial charge >= 0.3 is 0 Å². The average molecular weight is 428 g/mol. The molecule has 138 valence electrons. The predicted molar refractivity (Wildman–Crippen MR) is 103 cm³/mol. The number of nitrogens with one attached hydrogen (secondary N) is 2. The molecule has 7 heteroatoms. The molecule has 0 radical (unpaired) electrons. The van der Waals surface area contributed by atoms with E-state index in [4.69, 9.17) is 4.74 Å². The lowest BCUT2D eigenvalue weighted by Gasteiger charge is -2.41. The second-order valence-electron chi connectivity index (χ2n) is 8.26. The maximum Gasteiger partial charge on any atom is 0.244 e. The minimum Gasteiger partial charge on any atom is -0.441 e. The Balaban J connectivity index is 1.91. The van der Waals surface area contributed by atoms with Gasteiger partial charge in [-0.1, -0.05) is 29.8 Å². The number of nitrogens with zero attached hydrogens (tertiary/aromatic N) is 1. The molecule has 1 spiro atoms. The Morgan fingerprint density at radius 2 is 2.00 bits per heavy atom. The lowest BCUT2D eigenvalue weighted by Crippen LogP contribution is -2.47. The van der Waals surface area contributed by atoms with E-state index in [1.807, 2.05) is 39.0 Å². The van der Waals surface area contributed by atoms with E-state index in [9.17, 15) is 9.59 Å². The van der Waals surface area contributed by atoms with Crippen molar-refractivity contribution >= 4 is 33.3 Å². The van der Waals surface area contributed by atoms with Crippen LogP contribution in [-0.4, -0.2) is 21.9 Å². The number of fused-ring (bicyclic) bond motifs is 5. The number of Topliss-reactive ketones (excluding diaryl/α,β-unsaturated/α-hetero) is 1. The van der Waals surface area contributed by atoms with Crippen LogP contribution in [-0.2, 0) is 15.0 Å². The molecule has 6 nitrogen and oxygen atoms in total. The fraction of sp³-hybridized carbons (Fsp3) is 0.350. The third-order valence-corrected chi connectivity index (χ3v) is 6.19. The largest absolute Gasteiger partial charge is 0.441 e. The van der Waals surface area contributed by atoms with Gasteiger partial charge in [-0.05, 0) is 30.5 Å². The number of anilines is 1. The van der Waals surface area contributed by atoms with E-state index in [1.165, 1.54) is 0 Å². The average Bonchev–Trinajstić information content (AvgIpc) is 3.06. The molecule has 1 unspecified atom stereocenters. The molecule has 3 heterocycles. The van der Waals surface area contributed by atoms with E-state index < -0.39 is 5.41 Å². The third-order valence-electron chi connectivity index (χ3n) is 5.69. The summed E-state index contributed by atoms with van der Waals surface area (Å²) < 4.78 is 6.91. The number of aryl methyl sites for hydroxylation is 1. The van der Waals surface area contributed by atoms with Gasteiger partial charge in [0.05, 0.1) is 11.1 Å². The number of aromatic nitrogens is 2. The summed E-state index contributed by atoms with van der Waals surface area (Å²) in [6, 6.07) is 5.64. The fourth-order valence-electron chi connectivity index (χ4n) is 4.70. The van der Waals surface area contributed by atoms with Crippen LogP contribution in [0.3, 0.4) is 0 Å². The highest BCUT2D eigenvalue weighted by Gasteiger charge is 2.61. The number of H-pyrrole nitrogens is 1. The molecule has 0 fully saturated rings. The molecule has 1 aromatic heterocycles. The van der Waals surface area contributed by atoms with Crippen LogP contribution in [0.5, 0.6) is 5.88 Å². The zero-order valence-electron chi connectivity index (χ0n) is 15.2. The Morgan fingerprint density at radius 3 is 2.78 bits per heavy atom. The number of ether oxygens (including phenoxy) is 1. The zero-order chi connectivity index (χ0) is 19.1. The van der Waals surface area contributed by atoms with Crippen LogP contribution < -0.4 is 10.1 Å². The van der Waals surface area contributed by atoms with Crippen molar-refractivity contribution in [3.8, 4) is 5.88 Å². The molecule has 2 N–H and O–H groups in total. The van der Waals surface area contributed by atoms with E-state index in [0.29, 0.717) is 41.3 Å². The number of carbonyl (C=O) groups is 2. The number of aromatic amines is 1. The highest BCUT2D eigenvalue weighted by molar-refractivity contribution is 9.10. The van der Waals surface area contributed by atoms with Gasteiger partial charge in [0.15, 0.2) is 5.78 Å². The number of ketones is 1. The van der Waals surface area contributed by atoms with E-state index in [1.54, 1.807) is 0 Å². The zero-order valence-corrected chi connectivity index (χ0v) is 16.8. The van der Waals surface area contributed by atoms with Crippen molar-refractivity contribution in [3.63, 3.8) is 0 Å².